The number of nitrogens with zero attached hydrogens (tertiary/aromatic N) is 2. The lowest BCUT2D eigenvalue weighted by Crippen LogP contribution is -2.24. The zero-order valence-corrected chi connectivity index (χ0v) is 10.4. The zero-order chi connectivity index (χ0) is 11.3. The first-order chi connectivity index (χ1) is 7.22. The van der Waals surface area contributed by atoms with Crippen molar-refractivity contribution in [3.63, 3.8) is 0 Å². The Bertz CT molecular complexity index is 291. The maximum atomic E-state index is 4.48. The average Bonchev–Trinajstić information content (AvgIpc) is 2.61. The molecule has 0 amide bonds. The van der Waals surface area contributed by atoms with Crippen LogP contribution >= 0.6 is 0 Å². The van der Waals surface area contributed by atoms with Crippen molar-refractivity contribution >= 4 is 0 Å². The van der Waals surface area contributed by atoms with Crippen LogP contribution < -0.4 is 5.32 Å². The van der Waals surface area contributed by atoms with Gasteiger partial charge in [-0.3, -0.25) is 4.68 Å². The minimum Gasteiger partial charge on any atom is -0.309 e. The molecule has 1 N–H and O–H groups in total. The molecule has 1 atom stereocenters. The number of aromatic nitrogens is 2. The predicted octanol–water partition coefficient (Wildman–Crippen LogP) is 2.66. The lowest BCUT2D eigenvalue weighted by Gasteiger charge is -2.17. The molecule has 1 heterocycles. The molecule has 0 aromatic carbocycles. The van der Waals surface area contributed by atoms with E-state index in [1.165, 1.54) is 12.1 Å². The molecular formula is C12H23N3. The highest BCUT2D eigenvalue weighted by atomic mass is 15.3. The number of rotatable bonds is 6. The van der Waals surface area contributed by atoms with Crippen molar-refractivity contribution in [1.29, 1.82) is 0 Å². The maximum absolute atomic E-state index is 4.48. The van der Waals surface area contributed by atoms with E-state index in [0.29, 0.717) is 6.04 Å². The van der Waals surface area contributed by atoms with E-state index < -0.39 is 0 Å². The Morgan fingerprint density at radius 2 is 2.13 bits per heavy atom. The first kappa shape index (κ1) is 12.2. The maximum Gasteiger partial charge on any atom is 0.0597 e. The number of hydrogen-bond acceptors (Lipinski definition) is 2. The third-order valence-electron chi connectivity index (χ3n) is 2.64. The summed E-state index contributed by atoms with van der Waals surface area (Å²) in [4.78, 5) is 0. The van der Waals surface area contributed by atoms with Gasteiger partial charge in [0, 0.05) is 12.6 Å². The lowest BCUT2D eigenvalue weighted by molar-refractivity contribution is 0.470. The molecule has 3 nitrogen and oxygen atoms in total. The molecule has 3 heteroatoms. The van der Waals surface area contributed by atoms with Gasteiger partial charge in [0.2, 0.25) is 0 Å². The van der Waals surface area contributed by atoms with E-state index >= 15 is 0 Å². The molecule has 0 fully saturated rings. The summed E-state index contributed by atoms with van der Waals surface area (Å²) in [5.41, 5.74) is 2.44. The van der Waals surface area contributed by atoms with Gasteiger partial charge in [0.15, 0.2) is 0 Å². The van der Waals surface area contributed by atoms with Crippen LogP contribution in [0.15, 0.2) is 6.07 Å². The standard InChI is InChI=1S/C12H23N3/c1-5-8-13-11(6-2)12-9-10(4)14-15(12)7-3/h9,11,13H,5-8H2,1-4H3. The van der Waals surface area contributed by atoms with Crippen LogP contribution in [0.5, 0.6) is 0 Å². The monoisotopic (exact) mass is 209 g/mol. The fourth-order valence-corrected chi connectivity index (χ4v) is 1.88. The summed E-state index contributed by atoms with van der Waals surface area (Å²) in [6, 6.07) is 2.64. The zero-order valence-electron chi connectivity index (χ0n) is 10.4. The normalized spacial score (nSPS) is 13.1. The minimum atomic E-state index is 0.450. The van der Waals surface area contributed by atoms with Crippen molar-refractivity contribution in [3.05, 3.63) is 17.5 Å². The Balaban J connectivity index is 2.80. The minimum absolute atomic E-state index is 0.450. The molecule has 1 unspecified atom stereocenters. The highest BCUT2D eigenvalue weighted by Gasteiger charge is 2.13. The van der Waals surface area contributed by atoms with Crippen LogP contribution in [-0.2, 0) is 6.54 Å². The first-order valence-corrected chi connectivity index (χ1v) is 6.00. The molecule has 0 aliphatic rings. The quantitative estimate of drug-likeness (QED) is 0.780. The first-order valence-electron chi connectivity index (χ1n) is 6.00. The van der Waals surface area contributed by atoms with Gasteiger partial charge in [-0.2, -0.15) is 5.10 Å². The van der Waals surface area contributed by atoms with E-state index in [1.807, 2.05) is 0 Å². The molecule has 1 aromatic heterocycles. The molecule has 0 radical (unpaired) electrons. The number of aryl methyl sites for hydroxylation is 2. The summed E-state index contributed by atoms with van der Waals surface area (Å²) in [7, 11) is 0. The molecule has 1 aromatic rings. The SMILES string of the molecule is CCCNC(CC)c1cc(C)nn1CC. The van der Waals surface area contributed by atoms with Gasteiger partial charge in [-0.15, -0.1) is 0 Å². The second kappa shape index (κ2) is 5.91. The van der Waals surface area contributed by atoms with Crippen molar-refractivity contribution in [1.82, 2.24) is 15.1 Å². The van der Waals surface area contributed by atoms with Crippen LogP contribution in [0.25, 0.3) is 0 Å². The van der Waals surface area contributed by atoms with E-state index in [1.54, 1.807) is 0 Å². The van der Waals surface area contributed by atoms with Crippen molar-refractivity contribution < 1.29 is 0 Å². The van der Waals surface area contributed by atoms with Gasteiger partial charge in [0.05, 0.1) is 11.4 Å². The summed E-state index contributed by atoms with van der Waals surface area (Å²) in [6.07, 6.45) is 2.29. The Morgan fingerprint density at radius 1 is 1.40 bits per heavy atom. The van der Waals surface area contributed by atoms with E-state index in [0.717, 1.165) is 25.2 Å². The molecule has 86 valence electrons. The Hall–Kier alpha value is -0.830. The van der Waals surface area contributed by atoms with Crippen LogP contribution in [0.3, 0.4) is 0 Å². The number of hydrogen-bond donors (Lipinski definition) is 1. The third-order valence-corrected chi connectivity index (χ3v) is 2.64. The van der Waals surface area contributed by atoms with E-state index in [9.17, 15) is 0 Å². The van der Waals surface area contributed by atoms with E-state index in [-0.39, 0.29) is 0 Å². The largest absolute Gasteiger partial charge is 0.309 e. The highest BCUT2D eigenvalue weighted by Crippen LogP contribution is 2.17. The molecule has 0 saturated heterocycles. The van der Waals surface area contributed by atoms with Gasteiger partial charge >= 0.3 is 0 Å². The third kappa shape index (κ3) is 3.06. The van der Waals surface area contributed by atoms with Crippen LogP contribution in [0.4, 0.5) is 0 Å². The predicted molar refractivity (Wildman–Crippen MR) is 64.0 cm³/mol. The van der Waals surface area contributed by atoms with Crippen molar-refractivity contribution in [2.45, 2.75) is 53.1 Å². The lowest BCUT2D eigenvalue weighted by atomic mass is 10.1. The van der Waals surface area contributed by atoms with Crippen LogP contribution in [0, 0.1) is 6.92 Å². The van der Waals surface area contributed by atoms with Crippen LogP contribution in [0.2, 0.25) is 0 Å². The Kier molecular flexibility index (Phi) is 4.82. The van der Waals surface area contributed by atoms with Gasteiger partial charge in [0.1, 0.15) is 0 Å². The summed E-state index contributed by atoms with van der Waals surface area (Å²) < 4.78 is 2.10. The topological polar surface area (TPSA) is 29.9 Å². The Morgan fingerprint density at radius 3 is 2.67 bits per heavy atom. The molecule has 15 heavy (non-hydrogen) atoms. The summed E-state index contributed by atoms with van der Waals surface area (Å²) in [6.45, 7) is 10.6. The second-order valence-electron chi connectivity index (χ2n) is 3.94. The average molecular weight is 209 g/mol. The van der Waals surface area contributed by atoms with Gasteiger partial charge in [0.25, 0.3) is 0 Å². The van der Waals surface area contributed by atoms with E-state index in [4.69, 9.17) is 0 Å². The molecular weight excluding hydrogens is 186 g/mol. The van der Waals surface area contributed by atoms with Gasteiger partial charge in [-0.05, 0) is 39.3 Å². The summed E-state index contributed by atoms with van der Waals surface area (Å²) in [5, 5.41) is 8.05. The summed E-state index contributed by atoms with van der Waals surface area (Å²) >= 11 is 0. The molecule has 0 spiro atoms. The van der Waals surface area contributed by atoms with Crippen LogP contribution in [-0.4, -0.2) is 16.3 Å². The van der Waals surface area contributed by atoms with Gasteiger partial charge in [-0.25, -0.2) is 0 Å². The fourth-order valence-electron chi connectivity index (χ4n) is 1.88. The number of nitrogens with one attached hydrogen (secondary N) is 1. The van der Waals surface area contributed by atoms with Crippen LogP contribution in [0.1, 0.15) is 51.0 Å². The molecule has 0 bridgehead atoms. The molecule has 0 aliphatic heterocycles. The molecule has 1 rings (SSSR count). The van der Waals surface area contributed by atoms with Crippen molar-refractivity contribution in [2.24, 2.45) is 0 Å². The smallest absolute Gasteiger partial charge is 0.0597 e. The highest BCUT2D eigenvalue weighted by molar-refractivity contribution is 5.13. The molecule has 0 saturated carbocycles. The summed E-state index contributed by atoms with van der Waals surface area (Å²) in [5.74, 6) is 0. The Labute approximate surface area is 92.9 Å². The molecule has 0 aliphatic carbocycles. The van der Waals surface area contributed by atoms with Gasteiger partial charge in [-0.1, -0.05) is 13.8 Å². The van der Waals surface area contributed by atoms with Gasteiger partial charge < -0.3 is 5.32 Å². The van der Waals surface area contributed by atoms with Crippen molar-refractivity contribution in [2.75, 3.05) is 6.54 Å². The fraction of sp³-hybridized carbons (Fsp3) is 0.750. The second-order valence-corrected chi connectivity index (χ2v) is 3.94. The van der Waals surface area contributed by atoms with Crippen molar-refractivity contribution in [3.8, 4) is 0 Å². The van der Waals surface area contributed by atoms with E-state index in [2.05, 4.69) is 48.9 Å².